The van der Waals surface area contributed by atoms with E-state index in [4.69, 9.17) is 15.0 Å². The number of nitrogens with zero attached hydrogens (tertiary/aromatic N) is 7. The van der Waals surface area contributed by atoms with Gasteiger partial charge in [0.2, 0.25) is 11.0 Å². The number of likely N-dealkylation sites (N-methyl/N-ethyl adjacent to an activating group) is 1. The topological polar surface area (TPSA) is 153 Å². The summed E-state index contributed by atoms with van der Waals surface area (Å²) in [6.07, 6.45) is -0.741. The van der Waals surface area contributed by atoms with Crippen molar-refractivity contribution in [2.75, 3.05) is 58.4 Å². The third-order valence-electron chi connectivity index (χ3n) is 8.15. The van der Waals surface area contributed by atoms with Gasteiger partial charge in [-0.05, 0) is 38.6 Å². The van der Waals surface area contributed by atoms with Gasteiger partial charge >= 0.3 is 0 Å². The van der Waals surface area contributed by atoms with Crippen LogP contribution in [0.2, 0.25) is 0 Å². The zero-order valence-corrected chi connectivity index (χ0v) is 24.6. The monoisotopic (exact) mass is 600 g/mol. The lowest BCUT2D eigenvalue weighted by Gasteiger charge is -2.36. The molecule has 3 aliphatic rings. The van der Waals surface area contributed by atoms with Crippen LogP contribution < -0.4 is 10.2 Å². The number of fused-ring (bicyclic) bond motifs is 1. The van der Waals surface area contributed by atoms with Crippen LogP contribution in [-0.2, 0) is 19.1 Å². The average Bonchev–Trinajstić information content (AvgIpc) is 3.67. The molecule has 3 aliphatic heterocycles. The maximum atomic E-state index is 14.9. The molecule has 4 unspecified atom stereocenters. The van der Waals surface area contributed by atoms with Gasteiger partial charge in [0, 0.05) is 55.9 Å². The molecular formula is C27H33FN8O5S. The Morgan fingerprint density at radius 2 is 1.95 bits per heavy atom. The van der Waals surface area contributed by atoms with E-state index in [-0.39, 0.29) is 30.2 Å². The smallest absolute Gasteiger partial charge is 0.252 e. The molecule has 1 aromatic heterocycles. The summed E-state index contributed by atoms with van der Waals surface area (Å²) < 4.78 is 26.0. The van der Waals surface area contributed by atoms with Crippen LogP contribution in [0.5, 0.6) is 0 Å². The molecule has 0 saturated carbocycles. The van der Waals surface area contributed by atoms with Gasteiger partial charge in [-0.25, -0.2) is 4.98 Å². The van der Waals surface area contributed by atoms with Crippen LogP contribution in [0.3, 0.4) is 0 Å². The molecule has 224 valence electrons. The van der Waals surface area contributed by atoms with E-state index >= 15 is 0 Å². The zero-order chi connectivity index (χ0) is 30.2. The number of carbonyl (C=O) groups is 3. The first-order chi connectivity index (χ1) is 20.0. The van der Waals surface area contributed by atoms with E-state index in [2.05, 4.69) is 30.1 Å². The predicted octanol–water partition coefficient (Wildman–Crippen LogP) is 2.08. The van der Waals surface area contributed by atoms with E-state index in [1.807, 2.05) is 7.05 Å². The van der Waals surface area contributed by atoms with Gasteiger partial charge in [0.05, 0.1) is 17.7 Å². The summed E-state index contributed by atoms with van der Waals surface area (Å²) in [6.45, 7) is 6.37. The molecule has 42 heavy (non-hydrogen) atoms. The van der Waals surface area contributed by atoms with Gasteiger partial charge in [-0.2, -0.15) is 4.39 Å². The van der Waals surface area contributed by atoms with Crippen molar-refractivity contribution in [3.63, 3.8) is 0 Å². The summed E-state index contributed by atoms with van der Waals surface area (Å²) in [7, 11) is 3.46. The lowest BCUT2D eigenvalue weighted by atomic mass is 9.95. The number of halogens is 1. The van der Waals surface area contributed by atoms with Crippen molar-refractivity contribution in [2.24, 2.45) is 5.11 Å². The Kier molecular flexibility index (Phi) is 8.49. The van der Waals surface area contributed by atoms with Crippen LogP contribution in [0.25, 0.3) is 21.7 Å². The molecule has 2 amide bonds. The zero-order valence-electron chi connectivity index (χ0n) is 23.8. The highest BCUT2D eigenvalue weighted by Crippen LogP contribution is 2.33. The summed E-state index contributed by atoms with van der Waals surface area (Å²) in [6, 6.07) is 3.48. The van der Waals surface area contributed by atoms with Crippen molar-refractivity contribution in [2.45, 2.75) is 43.7 Å². The minimum absolute atomic E-state index is 0.0276. The van der Waals surface area contributed by atoms with Gasteiger partial charge in [-0.15, -0.1) is 0 Å². The van der Waals surface area contributed by atoms with Crippen LogP contribution in [0.4, 0.5) is 9.52 Å². The Balaban J connectivity index is 1.33. The number of hydrogen-bond acceptors (Lipinski definition) is 10. The summed E-state index contributed by atoms with van der Waals surface area (Å²) in [5.74, 6) is -1.42. The Hall–Kier alpha value is -3.62. The quantitative estimate of drug-likeness (QED) is 0.275. The SMILES string of the molecule is COC(C)(C)C(NC(=O)c1ccc(-c2nc(N3CCN(C)CC3)sc2F)cc1)C(=O)N1CC(N=[N+]=[N-])C2OCC(=O)C21. The fourth-order valence-corrected chi connectivity index (χ4v) is 6.31. The number of nitrogens with one attached hydrogen (secondary N) is 1. The summed E-state index contributed by atoms with van der Waals surface area (Å²) in [5, 5.41) is 6.69. The predicted molar refractivity (Wildman–Crippen MR) is 153 cm³/mol. The number of ketones is 1. The molecule has 0 radical (unpaired) electrons. The van der Waals surface area contributed by atoms with Gasteiger partial charge in [-0.1, -0.05) is 28.6 Å². The number of carbonyl (C=O) groups excluding carboxylic acids is 3. The van der Waals surface area contributed by atoms with Gasteiger partial charge in [0.15, 0.2) is 10.9 Å². The Morgan fingerprint density at radius 1 is 1.26 bits per heavy atom. The first kappa shape index (κ1) is 29.9. The summed E-state index contributed by atoms with van der Waals surface area (Å²) in [5.41, 5.74) is 8.77. The van der Waals surface area contributed by atoms with E-state index in [1.54, 1.807) is 26.0 Å². The van der Waals surface area contributed by atoms with Gasteiger partial charge in [0.1, 0.15) is 24.4 Å². The average molecular weight is 601 g/mol. The van der Waals surface area contributed by atoms with Gasteiger partial charge in [-0.3, -0.25) is 14.4 Å². The van der Waals surface area contributed by atoms with Gasteiger partial charge in [0.25, 0.3) is 5.91 Å². The number of benzene rings is 1. The molecule has 0 aliphatic carbocycles. The van der Waals surface area contributed by atoms with Crippen LogP contribution >= 0.6 is 11.3 Å². The lowest BCUT2D eigenvalue weighted by Crippen LogP contribution is -2.60. The number of hydrogen-bond donors (Lipinski definition) is 1. The number of azide groups is 1. The van der Waals surface area contributed by atoms with Crippen molar-refractivity contribution in [3.05, 3.63) is 45.4 Å². The van der Waals surface area contributed by atoms with Crippen LogP contribution in [0.15, 0.2) is 29.4 Å². The molecule has 2 aromatic rings. The molecule has 4 heterocycles. The second-order valence-corrected chi connectivity index (χ2v) is 12.1. The molecule has 1 aromatic carbocycles. The van der Waals surface area contributed by atoms with Crippen molar-refractivity contribution in [3.8, 4) is 11.3 Å². The molecule has 13 nitrogen and oxygen atoms in total. The molecule has 4 atom stereocenters. The number of anilines is 1. The van der Waals surface area contributed by atoms with Crippen molar-refractivity contribution in [1.29, 1.82) is 0 Å². The highest BCUT2D eigenvalue weighted by Gasteiger charge is 2.54. The summed E-state index contributed by atoms with van der Waals surface area (Å²) >= 11 is 1.00. The number of amides is 2. The van der Waals surface area contributed by atoms with E-state index in [1.165, 1.54) is 24.1 Å². The molecular weight excluding hydrogens is 567 g/mol. The normalized spacial score (nSPS) is 23.5. The molecule has 1 N–H and O–H groups in total. The second kappa shape index (κ2) is 11.9. The molecule has 3 saturated heterocycles. The minimum Gasteiger partial charge on any atom is -0.376 e. The second-order valence-electron chi connectivity index (χ2n) is 11.2. The molecule has 5 rings (SSSR count). The van der Waals surface area contributed by atoms with Gasteiger partial charge < -0.3 is 29.5 Å². The number of methoxy groups -OCH3 is 1. The summed E-state index contributed by atoms with van der Waals surface area (Å²) in [4.78, 5) is 52.7. The third-order valence-corrected chi connectivity index (χ3v) is 9.06. The molecule has 3 fully saturated rings. The number of rotatable bonds is 8. The highest BCUT2D eigenvalue weighted by molar-refractivity contribution is 7.14. The lowest BCUT2D eigenvalue weighted by molar-refractivity contribution is -0.144. The molecule has 0 spiro atoms. The maximum Gasteiger partial charge on any atom is 0.252 e. The Labute approximate surface area is 246 Å². The fourth-order valence-electron chi connectivity index (χ4n) is 5.44. The number of likely N-dealkylation sites (tertiary alicyclic amines) is 1. The maximum absolute atomic E-state index is 14.9. The number of piperazine rings is 1. The third kappa shape index (κ3) is 5.70. The highest BCUT2D eigenvalue weighted by atomic mass is 32.1. The van der Waals surface area contributed by atoms with E-state index in [0.29, 0.717) is 10.7 Å². The number of thiazole rings is 1. The first-order valence-corrected chi connectivity index (χ1v) is 14.4. The van der Waals surface area contributed by atoms with Crippen LogP contribution in [0, 0.1) is 5.13 Å². The molecule has 15 heteroatoms. The first-order valence-electron chi connectivity index (χ1n) is 13.6. The van der Waals surface area contributed by atoms with E-state index in [9.17, 15) is 18.8 Å². The van der Waals surface area contributed by atoms with Crippen molar-refractivity contribution >= 4 is 34.1 Å². The minimum atomic E-state index is -1.18. The van der Waals surface area contributed by atoms with Crippen molar-refractivity contribution in [1.82, 2.24) is 20.1 Å². The number of Topliss-reactive ketones (excluding diaryl/α,β-unsaturated/α-hetero) is 1. The fraction of sp³-hybridized carbons (Fsp3) is 0.556. The number of aromatic nitrogens is 1. The molecule has 0 bridgehead atoms. The number of ether oxygens (including phenoxy) is 2. The van der Waals surface area contributed by atoms with Crippen molar-refractivity contribution < 1.29 is 28.2 Å². The Morgan fingerprint density at radius 3 is 2.60 bits per heavy atom. The largest absolute Gasteiger partial charge is 0.376 e. The van der Waals surface area contributed by atoms with E-state index < -0.39 is 46.8 Å². The van der Waals surface area contributed by atoms with E-state index in [0.717, 1.165) is 37.5 Å². The standard InChI is InChI=1S/C27H33FN8O5S/c1-27(2,40-4)22(25(39)36-13-17(32-33-29)21-20(36)18(37)14-41-21)31-24(38)16-7-5-15(6-8-16)19-23(28)42-26(30-19)35-11-9-34(3)10-12-35/h5-8,17,20-22H,9-14H2,1-4H3,(H,31,38). The van der Waals surface area contributed by atoms with Crippen LogP contribution in [0.1, 0.15) is 24.2 Å². The Bertz CT molecular complexity index is 1400. The van der Waals surface area contributed by atoms with Crippen LogP contribution in [-0.4, -0.2) is 116 Å².